The minimum Gasteiger partial charge on any atom is -0.494 e. The number of benzene rings is 1. The highest BCUT2D eigenvalue weighted by Gasteiger charge is 2.16. The van der Waals surface area contributed by atoms with E-state index in [9.17, 15) is 4.39 Å². The van der Waals surface area contributed by atoms with Crippen LogP contribution in [-0.2, 0) is 6.54 Å². The van der Waals surface area contributed by atoms with Gasteiger partial charge in [-0.2, -0.15) is 4.98 Å². The summed E-state index contributed by atoms with van der Waals surface area (Å²) in [5.41, 5.74) is 0.670. The average molecular weight is 292 g/mol. The molecule has 0 amide bonds. The number of aromatic nitrogens is 2. The van der Waals surface area contributed by atoms with E-state index in [2.05, 4.69) is 20.4 Å². The van der Waals surface area contributed by atoms with Gasteiger partial charge in [-0.3, -0.25) is 4.90 Å². The van der Waals surface area contributed by atoms with Gasteiger partial charge in [-0.25, -0.2) is 4.39 Å². The molecule has 0 saturated carbocycles. The largest absolute Gasteiger partial charge is 0.494 e. The first-order chi connectivity index (χ1) is 10.3. The van der Waals surface area contributed by atoms with Crippen LogP contribution in [0.15, 0.2) is 22.7 Å². The SMILES string of the molecule is COc1cc(-c2noc(CN3CCNCC3)n2)ccc1F. The van der Waals surface area contributed by atoms with E-state index in [1.165, 1.54) is 13.2 Å². The molecule has 0 aliphatic carbocycles. The van der Waals surface area contributed by atoms with Crippen LogP contribution in [0.5, 0.6) is 5.75 Å². The Balaban J connectivity index is 1.74. The van der Waals surface area contributed by atoms with Gasteiger partial charge in [0.25, 0.3) is 0 Å². The highest BCUT2D eigenvalue weighted by atomic mass is 19.1. The van der Waals surface area contributed by atoms with Gasteiger partial charge in [0, 0.05) is 31.7 Å². The lowest BCUT2D eigenvalue weighted by Gasteiger charge is -2.25. The van der Waals surface area contributed by atoms with E-state index in [0.717, 1.165) is 26.2 Å². The summed E-state index contributed by atoms with van der Waals surface area (Å²) in [5.74, 6) is 0.764. The number of methoxy groups -OCH3 is 1. The molecule has 3 rings (SSSR count). The van der Waals surface area contributed by atoms with Crippen LogP contribution in [0.4, 0.5) is 4.39 Å². The van der Waals surface area contributed by atoms with Gasteiger partial charge in [0.1, 0.15) is 0 Å². The van der Waals surface area contributed by atoms with E-state index >= 15 is 0 Å². The second kappa shape index (κ2) is 6.19. The van der Waals surface area contributed by atoms with Crippen LogP contribution in [0.1, 0.15) is 5.89 Å². The lowest BCUT2D eigenvalue weighted by Crippen LogP contribution is -2.42. The van der Waals surface area contributed by atoms with Crippen molar-refractivity contribution in [1.82, 2.24) is 20.4 Å². The molecule has 1 aliphatic heterocycles. The number of hydrogen-bond acceptors (Lipinski definition) is 6. The van der Waals surface area contributed by atoms with Gasteiger partial charge >= 0.3 is 0 Å². The second-order valence-corrected chi connectivity index (χ2v) is 4.89. The van der Waals surface area contributed by atoms with Crippen LogP contribution < -0.4 is 10.1 Å². The molecule has 0 bridgehead atoms. The lowest BCUT2D eigenvalue weighted by molar-refractivity contribution is 0.203. The molecule has 0 atom stereocenters. The Morgan fingerprint density at radius 1 is 1.38 bits per heavy atom. The Hall–Kier alpha value is -1.99. The summed E-state index contributed by atoms with van der Waals surface area (Å²) in [6, 6.07) is 4.51. The Bertz CT molecular complexity index is 611. The molecule has 2 aromatic rings. The fraction of sp³-hybridized carbons (Fsp3) is 0.429. The molecule has 0 unspecified atom stereocenters. The Morgan fingerprint density at radius 2 is 2.19 bits per heavy atom. The van der Waals surface area contributed by atoms with E-state index in [0.29, 0.717) is 23.8 Å². The van der Waals surface area contributed by atoms with E-state index in [1.807, 2.05) is 0 Å². The third-order valence-electron chi connectivity index (χ3n) is 3.45. The molecule has 1 N–H and O–H groups in total. The quantitative estimate of drug-likeness (QED) is 0.916. The molecule has 112 valence electrons. The van der Waals surface area contributed by atoms with Crippen molar-refractivity contribution in [3.63, 3.8) is 0 Å². The van der Waals surface area contributed by atoms with E-state index in [1.54, 1.807) is 12.1 Å². The predicted molar refractivity (Wildman–Crippen MR) is 74.4 cm³/mol. The van der Waals surface area contributed by atoms with Gasteiger partial charge in [0.05, 0.1) is 13.7 Å². The fourth-order valence-corrected chi connectivity index (χ4v) is 2.30. The highest BCUT2D eigenvalue weighted by Crippen LogP contribution is 2.24. The minimum atomic E-state index is -0.411. The number of nitrogens with one attached hydrogen (secondary N) is 1. The first kappa shape index (κ1) is 14.0. The zero-order valence-corrected chi connectivity index (χ0v) is 11.8. The van der Waals surface area contributed by atoms with Crippen LogP contribution in [0.25, 0.3) is 11.4 Å². The molecule has 1 fully saturated rings. The second-order valence-electron chi connectivity index (χ2n) is 4.89. The molecule has 1 aromatic heterocycles. The van der Waals surface area contributed by atoms with Crippen molar-refractivity contribution in [2.24, 2.45) is 0 Å². The number of ether oxygens (including phenoxy) is 1. The van der Waals surface area contributed by atoms with Crippen molar-refractivity contribution in [2.75, 3.05) is 33.3 Å². The molecular weight excluding hydrogens is 275 g/mol. The monoisotopic (exact) mass is 292 g/mol. The molecular formula is C14H17FN4O2. The number of rotatable bonds is 4. The maximum absolute atomic E-state index is 13.4. The van der Waals surface area contributed by atoms with Crippen LogP contribution in [0.3, 0.4) is 0 Å². The van der Waals surface area contributed by atoms with Gasteiger partial charge in [-0.1, -0.05) is 5.16 Å². The molecule has 0 radical (unpaired) electrons. The average Bonchev–Trinajstić information content (AvgIpc) is 2.97. The summed E-state index contributed by atoms with van der Waals surface area (Å²) in [6.07, 6.45) is 0. The Labute approximate surface area is 121 Å². The van der Waals surface area contributed by atoms with Gasteiger partial charge in [0.15, 0.2) is 11.6 Å². The van der Waals surface area contributed by atoms with Crippen molar-refractivity contribution in [3.05, 3.63) is 29.9 Å². The van der Waals surface area contributed by atoms with Crippen LogP contribution in [0, 0.1) is 5.82 Å². The third-order valence-corrected chi connectivity index (χ3v) is 3.45. The van der Waals surface area contributed by atoms with Crippen molar-refractivity contribution < 1.29 is 13.7 Å². The normalized spacial score (nSPS) is 16.1. The summed E-state index contributed by atoms with van der Waals surface area (Å²) in [7, 11) is 1.42. The summed E-state index contributed by atoms with van der Waals surface area (Å²) in [4.78, 5) is 6.61. The van der Waals surface area contributed by atoms with E-state index in [4.69, 9.17) is 9.26 Å². The number of nitrogens with zero attached hydrogens (tertiary/aromatic N) is 3. The van der Waals surface area contributed by atoms with Gasteiger partial charge in [-0.05, 0) is 18.2 Å². The summed E-state index contributed by atoms with van der Waals surface area (Å²) in [5, 5.41) is 7.24. The molecule has 0 spiro atoms. The number of halogens is 1. The zero-order valence-electron chi connectivity index (χ0n) is 11.8. The molecule has 6 nitrogen and oxygen atoms in total. The van der Waals surface area contributed by atoms with Crippen LogP contribution in [0.2, 0.25) is 0 Å². The Kier molecular flexibility index (Phi) is 4.12. The van der Waals surface area contributed by atoms with Crippen molar-refractivity contribution in [3.8, 4) is 17.1 Å². The molecule has 2 heterocycles. The first-order valence-electron chi connectivity index (χ1n) is 6.86. The fourth-order valence-electron chi connectivity index (χ4n) is 2.30. The summed E-state index contributed by atoms with van der Waals surface area (Å²) >= 11 is 0. The summed E-state index contributed by atoms with van der Waals surface area (Å²) < 4.78 is 23.6. The Morgan fingerprint density at radius 3 is 2.95 bits per heavy atom. The molecule has 1 saturated heterocycles. The predicted octanol–water partition coefficient (Wildman–Crippen LogP) is 1.29. The number of hydrogen-bond donors (Lipinski definition) is 1. The maximum Gasteiger partial charge on any atom is 0.241 e. The molecule has 21 heavy (non-hydrogen) atoms. The summed E-state index contributed by atoms with van der Waals surface area (Å²) in [6.45, 7) is 4.49. The van der Waals surface area contributed by atoms with Crippen LogP contribution in [-0.4, -0.2) is 48.3 Å². The first-order valence-corrected chi connectivity index (χ1v) is 6.86. The van der Waals surface area contributed by atoms with Gasteiger partial charge < -0.3 is 14.6 Å². The third kappa shape index (κ3) is 3.20. The lowest BCUT2D eigenvalue weighted by atomic mass is 10.2. The molecule has 1 aliphatic rings. The van der Waals surface area contributed by atoms with Crippen LogP contribution >= 0.6 is 0 Å². The molecule has 1 aromatic carbocycles. The van der Waals surface area contributed by atoms with Gasteiger partial charge in [-0.15, -0.1) is 0 Å². The van der Waals surface area contributed by atoms with Crippen molar-refractivity contribution in [2.45, 2.75) is 6.54 Å². The minimum absolute atomic E-state index is 0.168. The zero-order chi connectivity index (χ0) is 14.7. The molecule has 7 heteroatoms. The van der Waals surface area contributed by atoms with Gasteiger partial charge in [0.2, 0.25) is 11.7 Å². The van der Waals surface area contributed by atoms with E-state index < -0.39 is 5.82 Å². The smallest absolute Gasteiger partial charge is 0.241 e. The van der Waals surface area contributed by atoms with Crippen molar-refractivity contribution >= 4 is 0 Å². The number of piperazine rings is 1. The standard InChI is InChI=1S/C14H17FN4O2/c1-20-12-8-10(2-3-11(12)15)14-17-13(21-18-14)9-19-6-4-16-5-7-19/h2-3,8,16H,4-7,9H2,1H3. The highest BCUT2D eigenvalue weighted by molar-refractivity contribution is 5.57. The van der Waals surface area contributed by atoms with Crippen molar-refractivity contribution in [1.29, 1.82) is 0 Å². The topological polar surface area (TPSA) is 63.4 Å². The van der Waals surface area contributed by atoms with E-state index in [-0.39, 0.29) is 5.75 Å². The maximum atomic E-state index is 13.4.